The minimum Gasteiger partial charge on any atom is -0.385 e. The number of aryl methyl sites for hydroxylation is 1. The second-order valence-electron chi connectivity index (χ2n) is 6.95. The van der Waals surface area contributed by atoms with E-state index in [9.17, 15) is 9.90 Å². The number of halogens is 1. The predicted molar refractivity (Wildman–Crippen MR) is 108 cm³/mol. The molecule has 7 nitrogen and oxygen atoms in total. The number of rotatable bonds is 7. The van der Waals surface area contributed by atoms with Gasteiger partial charge < -0.3 is 10.0 Å². The summed E-state index contributed by atoms with van der Waals surface area (Å²) in [6, 6.07) is 7.98. The Bertz CT molecular complexity index is 809. The number of aliphatic hydroxyl groups excluding tert-OH is 1. The average Bonchev–Trinajstić information content (AvgIpc) is 2.98. The Morgan fingerprint density at radius 1 is 1.22 bits per heavy atom. The van der Waals surface area contributed by atoms with Gasteiger partial charge in [-0.15, -0.1) is 0 Å². The lowest BCUT2D eigenvalue weighted by molar-refractivity contribution is 0.182. The van der Waals surface area contributed by atoms with E-state index < -0.39 is 6.10 Å². The second kappa shape index (κ2) is 8.91. The molecule has 1 saturated heterocycles. The fraction of sp³-hybridized carbons (Fsp3) is 0.579. The zero-order valence-electron chi connectivity index (χ0n) is 16.0. The van der Waals surface area contributed by atoms with Crippen LogP contribution in [0.3, 0.4) is 0 Å². The van der Waals surface area contributed by atoms with Gasteiger partial charge in [-0.05, 0) is 38.5 Å². The summed E-state index contributed by atoms with van der Waals surface area (Å²) >= 11 is 6.09. The van der Waals surface area contributed by atoms with Crippen molar-refractivity contribution in [2.45, 2.75) is 39.5 Å². The smallest absolute Gasteiger partial charge is 0.345 e. The van der Waals surface area contributed by atoms with Crippen LogP contribution in [-0.2, 0) is 13.1 Å². The summed E-state index contributed by atoms with van der Waals surface area (Å²) in [5, 5.41) is 14.8. The van der Waals surface area contributed by atoms with Gasteiger partial charge in [-0.25, -0.2) is 9.48 Å². The van der Waals surface area contributed by atoms with Gasteiger partial charge in [0.05, 0.1) is 0 Å². The first kappa shape index (κ1) is 19.9. The SMILES string of the molecule is CCn1c(C(C)O)nn(CCCN2CCN(c3cccc(Cl)c3)CC2)c1=O. The van der Waals surface area contributed by atoms with Crippen molar-refractivity contribution in [2.24, 2.45) is 0 Å². The van der Waals surface area contributed by atoms with Crippen LogP contribution in [0.4, 0.5) is 5.69 Å². The highest BCUT2D eigenvalue weighted by Crippen LogP contribution is 2.20. The van der Waals surface area contributed by atoms with Crippen molar-refractivity contribution in [1.82, 2.24) is 19.2 Å². The molecule has 8 heteroatoms. The molecular weight excluding hydrogens is 366 g/mol. The van der Waals surface area contributed by atoms with Crippen LogP contribution in [0.1, 0.15) is 32.2 Å². The summed E-state index contributed by atoms with van der Waals surface area (Å²) in [5.74, 6) is 0.442. The van der Waals surface area contributed by atoms with E-state index in [4.69, 9.17) is 11.6 Å². The third-order valence-electron chi connectivity index (χ3n) is 5.03. The van der Waals surface area contributed by atoms with Gasteiger partial charge in [-0.1, -0.05) is 17.7 Å². The Labute approximate surface area is 164 Å². The van der Waals surface area contributed by atoms with E-state index in [1.807, 2.05) is 25.1 Å². The molecule has 1 aliphatic heterocycles. The van der Waals surface area contributed by atoms with Crippen molar-refractivity contribution >= 4 is 17.3 Å². The van der Waals surface area contributed by atoms with Crippen LogP contribution < -0.4 is 10.6 Å². The molecule has 27 heavy (non-hydrogen) atoms. The lowest BCUT2D eigenvalue weighted by atomic mass is 10.2. The highest BCUT2D eigenvalue weighted by atomic mass is 35.5. The number of aliphatic hydroxyl groups is 1. The standard InChI is InChI=1S/C19H28ClN5O2/c1-3-24-18(15(2)26)21-25(19(24)27)9-5-8-22-10-12-23(13-11-22)17-7-4-6-16(20)14-17/h4,6-7,14-15,26H,3,5,8-13H2,1-2H3. The van der Waals surface area contributed by atoms with Gasteiger partial charge in [0.25, 0.3) is 0 Å². The second-order valence-corrected chi connectivity index (χ2v) is 7.38. The number of piperazine rings is 1. The molecule has 2 heterocycles. The van der Waals surface area contributed by atoms with Crippen LogP contribution in [0.15, 0.2) is 29.1 Å². The van der Waals surface area contributed by atoms with Crippen LogP contribution in [0, 0.1) is 0 Å². The molecule has 0 bridgehead atoms. The van der Waals surface area contributed by atoms with Crippen LogP contribution in [0.5, 0.6) is 0 Å². The Balaban J connectivity index is 1.49. The summed E-state index contributed by atoms with van der Waals surface area (Å²) in [6.45, 7) is 9.46. The normalized spacial score (nSPS) is 16.7. The summed E-state index contributed by atoms with van der Waals surface area (Å²) in [7, 11) is 0. The first-order valence-corrected chi connectivity index (χ1v) is 9.96. The number of aromatic nitrogens is 3. The summed E-state index contributed by atoms with van der Waals surface area (Å²) in [5.41, 5.74) is 1.03. The zero-order valence-corrected chi connectivity index (χ0v) is 16.8. The zero-order chi connectivity index (χ0) is 19.4. The lowest BCUT2D eigenvalue weighted by Gasteiger charge is -2.36. The molecular formula is C19H28ClN5O2. The summed E-state index contributed by atoms with van der Waals surface area (Å²) in [4.78, 5) is 17.1. The molecule has 1 N–H and O–H groups in total. The Kier molecular flexibility index (Phi) is 6.57. The largest absolute Gasteiger partial charge is 0.385 e. The number of hydrogen-bond acceptors (Lipinski definition) is 5. The number of benzene rings is 1. The van der Waals surface area contributed by atoms with E-state index in [0.717, 1.165) is 44.2 Å². The van der Waals surface area contributed by atoms with Crippen LogP contribution >= 0.6 is 11.6 Å². The summed E-state index contributed by atoms with van der Waals surface area (Å²) in [6.07, 6.45) is 0.121. The van der Waals surface area contributed by atoms with E-state index in [-0.39, 0.29) is 5.69 Å². The van der Waals surface area contributed by atoms with Crippen molar-refractivity contribution in [3.05, 3.63) is 45.6 Å². The Hall–Kier alpha value is -1.83. The van der Waals surface area contributed by atoms with E-state index in [0.29, 0.717) is 18.9 Å². The van der Waals surface area contributed by atoms with E-state index in [2.05, 4.69) is 21.0 Å². The van der Waals surface area contributed by atoms with Gasteiger partial charge in [-0.3, -0.25) is 9.47 Å². The third-order valence-corrected chi connectivity index (χ3v) is 5.27. The molecule has 1 aromatic heterocycles. The molecule has 1 aromatic carbocycles. The van der Waals surface area contributed by atoms with Gasteiger partial charge in [0.2, 0.25) is 0 Å². The first-order valence-electron chi connectivity index (χ1n) is 9.58. The topological polar surface area (TPSA) is 66.5 Å². The van der Waals surface area contributed by atoms with Gasteiger partial charge in [0.1, 0.15) is 6.10 Å². The van der Waals surface area contributed by atoms with Crippen LogP contribution in [0.25, 0.3) is 0 Å². The van der Waals surface area contributed by atoms with E-state index in [1.54, 1.807) is 6.92 Å². The highest BCUT2D eigenvalue weighted by Gasteiger charge is 2.18. The molecule has 0 radical (unpaired) electrons. The molecule has 1 fully saturated rings. The maximum atomic E-state index is 12.4. The molecule has 2 aromatic rings. The molecule has 0 aliphatic carbocycles. The lowest BCUT2D eigenvalue weighted by Crippen LogP contribution is -2.46. The molecule has 0 saturated carbocycles. The molecule has 0 spiro atoms. The van der Waals surface area contributed by atoms with Crippen molar-refractivity contribution in [1.29, 1.82) is 0 Å². The van der Waals surface area contributed by atoms with Crippen molar-refractivity contribution in [2.75, 3.05) is 37.6 Å². The third kappa shape index (κ3) is 4.72. The molecule has 1 unspecified atom stereocenters. The van der Waals surface area contributed by atoms with Crippen molar-refractivity contribution in [3.8, 4) is 0 Å². The number of nitrogens with zero attached hydrogens (tertiary/aromatic N) is 5. The number of anilines is 1. The van der Waals surface area contributed by atoms with Crippen LogP contribution in [-0.4, -0.2) is 57.1 Å². The molecule has 3 rings (SSSR count). The minimum absolute atomic E-state index is 0.140. The molecule has 148 valence electrons. The van der Waals surface area contributed by atoms with Crippen molar-refractivity contribution < 1.29 is 5.11 Å². The first-order chi connectivity index (χ1) is 13.0. The highest BCUT2D eigenvalue weighted by molar-refractivity contribution is 6.30. The maximum Gasteiger partial charge on any atom is 0.345 e. The van der Waals surface area contributed by atoms with Crippen LogP contribution in [0.2, 0.25) is 5.02 Å². The van der Waals surface area contributed by atoms with E-state index in [1.165, 1.54) is 14.9 Å². The predicted octanol–water partition coefficient (Wildman–Crippen LogP) is 1.98. The molecule has 1 atom stereocenters. The summed E-state index contributed by atoms with van der Waals surface area (Å²) < 4.78 is 3.02. The van der Waals surface area contributed by atoms with E-state index >= 15 is 0 Å². The monoisotopic (exact) mass is 393 g/mol. The van der Waals surface area contributed by atoms with Gasteiger partial charge in [0.15, 0.2) is 5.82 Å². The molecule has 0 amide bonds. The van der Waals surface area contributed by atoms with Crippen molar-refractivity contribution in [3.63, 3.8) is 0 Å². The van der Waals surface area contributed by atoms with Gasteiger partial charge >= 0.3 is 5.69 Å². The average molecular weight is 394 g/mol. The maximum absolute atomic E-state index is 12.4. The van der Waals surface area contributed by atoms with Gasteiger partial charge in [0, 0.05) is 56.5 Å². The number of hydrogen-bond donors (Lipinski definition) is 1. The minimum atomic E-state index is -0.738. The Morgan fingerprint density at radius 2 is 1.96 bits per heavy atom. The quantitative estimate of drug-likeness (QED) is 0.779. The Morgan fingerprint density at radius 3 is 2.56 bits per heavy atom. The fourth-order valence-electron chi connectivity index (χ4n) is 3.56. The molecule has 1 aliphatic rings. The fourth-order valence-corrected chi connectivity index (χ4v) is 3.74. The van der Waals surface area contributed by atoms with Gasteiger partial charge in [-0.2, -0.15) is 5.10 Å².